The average molecular weight is 226 g/mol. The van der Waals surface area contributed by atoms with Crippen molar-refractivity contribution in [1.29, 1.82) is 0 Å². The minimum absolute atomic E-state index is 0.0267. The molecule has 6 nitrogen and oxygen atoms in total. The van der Waals surface area contributed by atoms with E-state index in [-0.39, 0.29) is 6.10 Å². The maximum Gasteiger partial charge on any atom is 0.163 e. The number of hydrogen-bond acceptors (Lipinski definition) is 5. The predicted octanol–water partition coefficient (Wildman–Crippen LogP) is -0.0245. The molecule has 1 aliphatic rings. The molecule has 1 aromatic heterocycles. The smallest absolute Gasteiger partial charge is 0.163 e. The van der Waals surface area contributed by atoms with Gasteiger partial charge in [-0.2, -0.15) is 0 Å². The van der Waals surface area contributed by atoms with E-state index in [1.807, 2.05) is 4.57 Å². The maximum absolute atomic E-state index is 5.65. The van der Waals surface area contributed by atoms with Crippen molar-refractivity contribution in [2.24, 2.45) is 0 Å². The molecule has 1 saturated heterocycles. The zero-order chi connectivity index (χ0) is 11.2. The molecular formula is C10H18N4O2. The van der Waals surface area contributed by atoms with E-state index in [0.29, 0.717) is 0 Å². The van der Waals surface area contributed by atoms with Gasteiger partial charge in [-0.15, -0.1) is 10.2 Å². The van der Waals surface area contributed by atoms with Gasteiger partial charge in [-0.05, 0) is 6.42 Å². The fraction of sp³-hybridized carbons (Fsp3) is 0.800. The molecule has 1 aliphatic heterocycles. The van der Waals surface area contributed by atoms with Crippen LogP contribution in [-0.4, -0.2) is 48.2 Å². The van der Waals surface area contributed by atoms with E-state index in [1.165, 1.54) is 0 Å². The molecule has 1 atom stereocenters. The van der Waals surface area contributed by atoms with Crippen LogP contribution in [0, 0.1) is 0 Å². The van der Waals surface area contributed by atoms with Gasteiger partial charge in [-0.25, -0.2) is 0 Å². The molecule has 0 bridgehead atoms. The molecule has 2 rings (SSSR count). The maximum atomic E-state index is 5.65. The Morgan fingerprint density at radius 3 is 3.38 bits per heavy atom. The molecule has 1 unspecified atom stereocenters. The first-order valence-corrected chi connectivity index (χ1v) is 5.61. The van der Waals surface area contributed by atoms with Gasteiger partial charge in [0.05, 0.1) is 6.61 Å². The van der Waals surface area contributed by atoms with Crippen molar-refractivity contribution in [2.75, 3.05) is 33.4 Å². The van der Waals surface area contributed by atoms with Crippen LogP contribution in [0.25, 0.3) is 0 Å². The zero-order valence-corrected chi connectivity index (χ0v) is 9.56. The van der Waals surface area contributed by atoms with Gasteiger partial charge in [0.1, 0.15) is 12.4 Å². The van der Waals surface area contributed by atoms with Crippen LogP contribution in [0.3, 0.4) is 0 Å². The third kappa shape index (κ3) is 2.78. The Bertz CT molecular complexity index is 310. The molecule has 0 radical (unpaired) electrons. The molecule has 0 aromatic carbocycles. The molecule has 0 saturated carbocycles. The highest BCUT2D eigenvalue weighted by atomic mass is 16.5. The van der Waals surface area contributed by atoms with Crippen molar-refractivity contribution >= 4 is 0 Å². The fourth-order valence-corrected chi connectivity index (χ4v) is 1.80. The van der Waals surface area contributed by atoms with Crippen LogP contribution < -0.4 is 5.32 Å². The van der Waals surface area contributed by atoms with Gasteiger partial charge in [-0.1, -0.05) is 0 Å². The second-order valence-electron chi connectivity index (χ2n) is 3.79. The summed E-state index contributed by atoms with van der Waals surface area (Å²) in [5.41, 5.74) is 0. The molecule has 1 N–H and O–H groups in total. The van der Waals surface area contributed by atoms with Crippen LogP contribution in [0.5, 0.6) is 0 Å². The lowest BCUT2D eigenvalue weighted by molar-refractivity contribution is 0.0195. The van der Waals surface area contributed by atoms with Gasteiger partial charge >= 0.3 is 0 Å². The van der Waals surface area contributed by atoms with E-state index < -0.39 is 0 Å². The number of methoxy groups -OCH3 is 1. The average Bonchev–Trinajstić information content (AvgIpc) is 2.79. The number of ether oxygens (including phenoxy) is 2. The lowest BCUT2D eigenvalue weighted by atomic mass is 10.3. The first-order valence-electron chi connectivity index (χ1n) is 5.61. The summed E-state index contributed by atoms with van der Waals surface area (Å²) in [4.78, 5) is 0. The van der Waals surface area contributed by atoms with Gasteiger partial charge in [0.25, 0.3) is 0 Å². The predicted molar refractivity (Wildman–Crippen MR) is 58.1 cm³/mol. The minimum atomic E-state index is 0.0267. The quantitative estimate of drug-likeness (QED) is 0.715. The molecule has 90 valence electrons. The van der Waals surface area contributed by atoms with Gasteiger partial charge in [-0.3, -0.25) is 0 Å². The SMILES string of the molecule is COCCCn1cnnc1C1CNCCO1. The zero-order valence-electron chi connectivity index (χ0n) is 9.56. The fourth-order valence-electron chi connectivity index (χ4n) is 1.80. The normalized spacial score (nSPS) is 21.2. The Hall–Kier alpha value is -0.980. The van der Waals surface area contributed by atoms with Crippen molar-refractivity contribution in [2.45, 2.75) is 19.1 Å². The van der Waals surface area contributed by atoms with Gasteiger partial charge in [0.15, 0.2) is 5.82 Å². The Morgan fingerprint density at radius 2 is 2.62 bits per heavy atom. The number of hydrogen-bond donors (Lipinski definition) is 1. The van der Waals surface area contributed by atoms with Gasteiger partial charge in [0, 0.05) is 33.4 Å². The molecule has 16 heavy (non-hydrogen) atoms. The highest BCUT2D eigenvalue weighted by Gasteiger charge is 2.20. The molecule has 6 heteroatoms. The number of nitrogens with zero attached hydrogens (tertiary/aromatic N) is 3. The standard InChI is InChI=1S/C10H18N4O2/c1-15-5-2-4-14-8-12-13-10(14)9-7-11-3-6-16-9/h8-9,11H,2-7H2,1H3. The highest BCUT2D eigenvalue weighted by molar-refractivity contribution is 4.94. The summed E-state index contributed by atoms with van der Waals surface area (Å²) in [6, 6.07) is 0. The van der Waals surface area contributed by atoms with E-state index >= 15 is 0 Å². The van der Waals surface area contributed by atoms with Crippen molar-refractivity contribution in [3.63, 3.8) is 0 Å². The summed E-state index contributed by atoms with van der Waals surface area (Å²) in [7, 11) is 1.71. The number of aromatic nitrogens is 3. The van der Waals surface area contributed by atoms with Crippen LogP contribution >= 0.6 is 0 Å². The lowest BCUT2D eigenvalue weighted by Gasteiger charge is -2.23. The van der Waals surface area contributed by atoms with Crippen molar-refractivity contribution in [3.05, 3.63) is 12.2 Å². The van der Waals surface area contributed by atoms with Crippen molar-refractivity contribution < 1.29 is 9.47 Å². The molecule has 0 aliphatic carbocycles. The minimum Gasteiger partial charge on any atom is -0.385 e. The van der Waals surface area contributed by atoms with Gasteiger partial charge in [0.2, 0.25) is 0 Å². The number of nitrogens with one attached hydrogen (secondary N) is 1. The molecule has 1 fully saturated rings. The van der Waals surface area contributed by atoms with Crippen LogP contribution in [-0.2, 0) is 16.0 Å². The summed E-state index contributed by atoms with van der Waals surface area (Å²) < 4.78 is 12.7. The molecule has 0 amide bonds. The number of morpholine rings is 1. The Balaban J connectivity index is 1.94. The first-order chi connectivity index (χ1) is 7.92. The summed E-state index contributed by atoms with van der Waals surface area (Å²) in [6.07, 6.45) is 2.74. The third-order valence-corrected chi connectivity index (χ3v) is 2.61. The summed E-state index contributed by atoms with van der Waals surface area (Å²) in [6.45, 7) is 4.07. The van der Waals surface area contributed by atoms with Crippen LogP contribution in [0.4, 0.5) is 0 Å². The summed E-state index contributed by atoms with van der Waals surface area (Å²) >= 11 is 0. The largest absolute Gasteiger partial charge is 0.385 e. The highest BCUT2D eigenvalue weighted by Crippen LogP contribution is 2.16. The second-order valence-corrected chi connectivity index (χ2v) is 3.79. The third-order valence-electron chi connectivity index (χ3n) is 2.61. The van der Waals surface area contributed by atoms with E-state index in [4.69, 9.17) is 9.47 Å². The Labute approximate surface area is 94.9 Å². The van der Waals surface area contributed by atoms with E-state index in [2.05, 4.69) is 15.5 Å². The number of rotatable bonds is 5. The van der Waals surface area contributed by atoms with Gasteiger partial charge < -0.3 is 19.4 Å². The van der Waals surface area contributed by atoms with Crippen molar-refractivity contribution in [3.8, 4) is 0 Å². The van der Waals surface area contributed by atoms with Crippen LogP contribution in [0.15, 0.2) is 6.33 Å². The van der Waals surface area contributed by atoms with Crippen molar-refractivity contribution in [1.82, 2.24) is 20.1 Å². The van der Waals surface area contributed by atoms with Crippen LogP contribution in [0.1, 0.15) is 18.3 Å². The number of aryl methyl sites for hydroxylation is 1. The van der Waals surface area contributed by atoms with E-state index in [1.54, 1.807) is 13.4 Å². The summed E-state index contributed by atoms with van der Waals surface area (Å²) in [5, 5.41) is 11.4. The molecule has 2 heterocycles. The molecular weight excluding hydrogens is 208 g/mol. The van der Waals surface area contributed by atoms with E-state index in [0.717, 1.165) is 45.1 Å². The molecule has 0 spiro atoms. The second kappa shape index (κ2) is 5.93. The molecule has 1 aromatic rings. The Kier molecular flexibility index (Phi) is 4.26. The topological polar surface area (TPSA) is 61.2 Å². The lowest BCUT2D eigenvalue weighted by Crippen LogP contribution is -2.34. The monoisotopic (exact) mass is 226 g/mol. The first kappa shape index (κ1) is 11.5. The Morgan fingerprint density at radius 1 is 1.69 bits per heavy atom. The summed E-state index contributed by atoms with van der Waals surface area (Å²) in [5.74, 6) is 0.906. The van der Waals surface area contributed by atoms with Crippen LogP contribution in [0.2, 0.25) is 0 Å². The van der Waals surface area contributed by atoms with E-state index in [9.17, 15) is 0 Å².